The van der Waals surface area contributed by atoms with Crippen LogP contribution in [0.25, 0.3) is 10.9 Å². The lowest BCUT2D eigenvalue weighted by Crippen LogP contribution is -2.43. The molecule has 1 fully saturated rings. The molecule has 0 radical (unpaired) electrons. The highest BCUT2D eigenvalue weighted by molar-refractivity contribution is 6.35. The molecule has 4 nitrogen and oxygen atoms in total. The maximum atomic E-state index is 12.3. The molecule has 2 aromatic rings. The van der Waals surface area contributed by atoms with Crippen molar-refractivity contribution in [3.05, 3.63) is 35.5 Å². The molecule has 0 spiro atoms. The van der Waals surface area contributed by atoms with E-state index in [4.69, 9.17) is 11.6 Å². The van der Waals surface area contributed by atoms with Gasteiger partial charge in [-0.2, -0.15) is 0 Å². The summed E-state index contributed by atoms with van der Waals surface area (Å²) in [6, 6.07) is 7.24. The Bertz CT molecular complexity index is 638. The van der Waals surface area contributed by atoms with Gasteiger partial charge in [0, 0.05) is 11.6 Å². The molecule has 104 valence electrons. The summed E-state index contributed by atoms with van der Waals surface area (Å²) >= 11 is 6.13. The van der Waals surface area contributed by atoms with Gasteiger partial charge >= 0.3 is 0 Å². The van der Waals surface area contributed by atoms with Crippen molar-refractivity contribution in [3.8, 4) is 0 Å². The summed E-state index contributed by atoms with van der Waals surface area (Å²) in [7, 11) is 0. The molecule has 1 aromatic heterocycles. The number of halogens is 1. The van der Waals surface area contributed by atoms with E-state index >= 15 is 0 Å². The van der Waals surface area contributed by atoms with Crippen LogP contribution in [0.5, 0.6) is 0 Å². The first-order chi connectivity index (χ1) is 9.75. The van der Waals surface area contributed by atoms with Crippen LogP contribution in [0.1, 0.15) is 19.3 Å². The summed E-state index contributed by atoms with van der Waals surface area (Å²) in [4.78, 5) is 16.5. The number of piperidine rings is 1. The maximum Gasteiger partial charge on any atom is 0.241 e. The zero-order chi connectivity index (χ0) is 13.9. The van der Waals surface area contributed by atoms with Crippen molar-refractivity contribution in [2.24, 2.45) is 0 Å². The van der Waals surface area contributed by atoms with Crippen LogP contribution in [0.3, 0.4) is 0 Å². The Morgan fingerprint density at radius 1 is 1.35 bits per heavy atom. The Labute approximate surface area is 122 Å². The Kier molecular flexibility index (Phi) is 3.85. The molecule has 1 aliphatic rings. The van der Waals surface area contributed by atoms with Gasteiger partial charge in [0.15, 0.2) is 0 Å². The van der Waals surface area contributed by atoms with E-state index in [0.29, 0.717) is 10.5 Å². The average Bonchev–Trinajstić information content (AvgIpc) is 2.51. The van der Waals surface area contributed by atoms with Gasteiger partial charge in [0.05, 0.1) is 22.3 Å². The van der Waals surface area contributed by atoms with Crippen LogP contribution < -0.4 is 10.6 Å². The van der Waals surface area contributed by atoms with Gasteiger partial charge < -0.3 is 10.6 Å². The van der Waals surface area contributed by atoms with Gasteiger partial charge in [0.1, 0.15) is 0 Å². The Morgan fingerprint density at radius 2 is 2.25 bits per heavy atom. The SMILES string of the molecule is O=C(Nc1ccc(Cl)c2ncccc12)[C@@H]1CCCCN1. The van der Waals surface area contributed by atoms with Crippen LogP contribution in [0.4, 0.5) is 5.69 Å². The van der Waals surface area contributed by atoms with Crippen molar-refractivity contribution >= 4 is 34.1 Å². The molecule has 2 N–H and O–H groups in total. The summed E-state index contributed by atoms with van der Waals surface area (Å²) in [5.74, 6) is 0.0113. The molecule has 5 heteroatoms. The van der Waals surface area contributed by atoms with Crippen LogP contribution in [-0.2, 0) is 4.79 Å². The molecule has 3 rings (SSSR count). The number of nitrogens with zero attached hydrogens (tertiary/aromatic N) is 1. The summed E-state index contributed by atoms with van der Waals surface area (Å²) in [6.45, 7) is 0.904. The third-order valence-corrected chi connectivity index (χ3v) is 3.91. The average molecular weight is 290 g/mol. The molecule has 2 heterocycles. The smallest absolute Gasteiger partial charge is 0.241 e. The maximum absolute atomic E-state index is 12.3. The van der Waals surface area contributed by atoms with Crippen LogP contribution in [0.15, 0.2) is 30.5 Å². The third kappa shape index (κ3) is 2.62. The molecule has 0 saturated carbocycles. The van der Waals surface area contributed by atoms with Crippen molar-refractivity contribution in [1.82, 2.24) is 10.3 Å². The van der Waals surface area contributed by atoms with E-state index in [1.54, 1.807) is 12.3 Å². The van der Waals surface area contributed by atoms with E-state index in [2.05, 4.69) is 15.6 Å². The van der Waals surface area contributed by atoms with E-state index in [9.17, 15) is 4.79 Å². The fourth-order valence-corrected chi connectivity index (χ4v) is 2.76. The molecule has 1 aliphatic heterocycles. The van der Waals surface area contributed by atoms with Gasteiger partial charge in [-0.05, 0) is 43.7 Å². The number of nitrogens with one attached hydrogen (secondary N) is 2. The second-order valence-electron chi connectivity index (χ2n) is 4.99. The van der Waals surface area contributed by atoms with Gasteiger partial charge in [-0.1, -0.05) is 18.0 Å². The van der Waals surface area contributed by atoms with Crippen LogP contribution in [0, 0.1) is 0 Å². The number of pyridine rings is 1. The first kappa shape index (κ1) is 13.3. The van der Waals surface area contributed by atoms with Crippen LogP contribution in [-0.4, -0.2) is 23.5 Å². The number of amides is 1. The lowest BCUT2D eigenvalue weighted by molar-refractivity contribution is -0.118. The number of hydrogen-bond donors (Lipinski definition) is 2. The largest absolute Gasteiger partial charge is 0.324 e. The molecular formula is C15H16ClN3O. The standard InChI is InChI=1S/C15H16ClN3O/c16-11-6-7-12(10-4-3-9-18-14(10)11)19-15(20)13-5-1-2-8-17-13/h3-4,6-7,9,13,17H,1-2,5,8H2,(H,19,20)/t13-/m0/s1. The van der Waals surface area contributed by atoms with E-state index in [-0.39, 0.29) is 11.9 Å². The highest BCUT2D eigenvalue weighted by atomic mass is 35.5. The minimum atomic E-state index is -0.105. The van der Waals surface area contributed by atoms with Gasteiger partial charge in [0.25, 0.3) is 0 Å². The zero-order valence-corrected chi connectivity index (χ0v) is 11.8. The van der Waals surface area contributed by atoms with Gasteiger partial charge in [-0.15, -0.1) is 0 Å². The van der Waals surface area contributed by atoms with Crippen molar-refractivity contribution < 1.29 is 4.79 Å². The Hall–Kier alpha value is -1.65. The van der Waals surface area contributed by atoms with E-state index in [1.807, 2.05) is 18.2 Å². The molecule has 20 heavy (non-hydrogen) atoms. The predicted molar refractivity (Wildman–Crippen MR) is 81.0 cm³/mol. The molecule has 1 atom stereocenters. The predicted octanol–water partition coefficient (Wildman–Crippen LogP) is 2.97. The molecule has 0 bridgehead atoms. The number of carbonyl (C=O) groups is 1. The molecule has 0 unspecified atom stereocenters. The van der Waals surface area contributed by atoms with Gasteiger partial charge in [0.2, 0.25) is 5.91 Å². The van der Waals surface area contributed by atoms with Gasteiger partial charge in [-0.3, -0.25) is 9.78 Å². The molecular weight excluding hydrogens is 274 g/mol. The summed E-state index contributed by atoms with van der Waals surface area (Å²) < 4.78 is 0. The topological polar surface area (TPSA) is 54.0 Å². The summed E-state index contributed by atoms with van der Waals surface area (Å²) in [5.41, 5.74) is 1.47. The fraction of sp³-hybridized carbons (Fsp3) is 0.333. The first-order valence-corrected chi connectivity index (χ1v) is 7.21. The summed E-state index contributed by atoms with van der Waals surface area (Å²) in [6.07, 6.45) is 4.81. The van der Waals surface area contributed by atoms with Crippen molar-refractivity contribution in [3.63, 3.8) is 0 Å². The van der Waals surface area contributed by atoms with Gasteiger partial charge in [-0.25, -0.2) is 0 Å². The second kappa shape index (κ2) is 5.77. The van der Waals surface area contributed by atoms with Crippen molar-refractivity contribution in [1.29, 1.82) is 0 Å². The first-order valence-electron chi connectivity index (χ1n) is 6.83. The molecule has 1 saturated heterocycles. The van der Waals surface area contributed by atoms with Crippen LogP contribution in [0.2, 0.25) is 5.02 Å². The highest BCUT2D eigenvalue weighted by Gasteiger charge is 2.21. The number of benzene rings is 1. The molecule has 0 aliphatic carbocycles. The number of aromatic nitrogens is 1. The minimum absolute atomic E-state index is 0.0113. The monoisotopic (exact) mass is 289 g/mol. The number of carbonyl (C=O) groups excluding carboxylic acids is 1. The lowest BCUT2D eigenvalue weighted by Gasteiger charge is -2.22. The quantitative estimate of drug-likeness (QED) is 0.894. The lowest BCUT2D eigenvalue weighted by atomic mass is 10.0. The van der Waals surface area contributed by atoms with E-state index in [0.717, 1.165) is 36.9 Å². The molecule has 1 amide bonds. The van der Waals surface area contributed by atoms with E-state index in [1.165, 1.54) is 0 Å². The van der Waals surface area contributed by atoms with E-state index < -0.39 is 0 Å². The number of fused-ring (bicyclic) bond motifs is 1. The minimum Gasteiger partial charge on any atom is -0.324 e. The summed E-state index contributed by atoms with van der Waals surface area (Å²) in [5, 5.41) is 7.68. The normalized spacial score (nSPS) is 18.9. The Balaban J connectivity index is 1.87. The van der Waals surface area contributed by atoms with Crippen LogP contribution >= 0.6 is 11.6 Å². The van der Waals surface area contributed by atoms with Crippen molar-refractivity contribution in [2.45, 2.75) is 25.3 Å². The second-order valence-corrected chi connectivity index (χ2v) is 5.39. The third-order valence-electron chi connectivity index (χ3n) is 3.61. The highest BCUT2D eigenvalue weighted by Crippen LogP contribution is 2.28. The Morgan fingerprint density at radius 3 is 3.05 bits per heavy atom. The number of rotatable bonds is 2. The molecule has 1 aromatic carbocycles. The zero-order valence-electron chi connectivity index (χ0n) is 11.0. The number of anilines is 1. The fourth-order valence-electron chi connectivity index (χ4n) is 2.54. The van der Waals surface area contributed by atoms with Crippen molar-refractivity contribution in [2.75, 3.05) is 11.9 Å². The number of hydrogen-bond acceptors (Lipinski definition) is 3.